The van der Waals surface area contributed by atoms with Gasteiger partial charge in [-0.25, -0.2) is 4.79 Å². The highest BCUT2D eigenvalue weighted by atomic mass is 16.4. The summed E-state index contributed by atoms with van der Waals surface area (Å²) in [4.78, 5) is 69.4. The second-order valence-corrected chi connectivity index (χ2v) is 8.26. The summed E-state index contributed by atoms with van der Waals surface area (Å²) in [5.74, 6) is -8.26. The van der Waals surface area contributed by atoms with Gasteiger partial charge in [0.05, 0.1) is 12.8 Å². The number of aliphatic hydroxyl groups is 1. The molecule has 0 aromatic carbocycles. The Bertz CT molecular complexity index is 710. The smallest absolute Gasteiger partial charge is 0.336 e. The largest absolute Gasteiger partial charge is 0.481 e. The number of carboxylic acid groups (broad SMARTS) is 7. The van der Waals surface area contributed by atoms with E-state index >= 15 is 0 Å². The molecule has 0 amide bonds. The molecule has 15 heteroatoms. The van der Waals surface area contributed by atoms with E-state index < -0.39 is 60.2 Å². The molecule has 0 atom stereocenters. The maximum absolute atomic E-state index is 10.3. The van der Waals surface area contributed by atoms with Gasteiger partial charge >= 0.3 is 35.8 Å². The zero-order valence-electron chi connectivity index (χ0n) is 22.3. The van der Waals surface area contributed by atoms with Gasteiger partial charge in [-0.3, -0.25) is 28.8 Å². The number of carboxylic acids is 7. The zero-order chi connectivity index (χ0) is 31.4. The molecule has 0 unspecified atom stereocenters. The summed E-state index contributed by atoms with van der Waals surface area (Å²) in [6.07, 6.45) is 7.37. The van der Waals surface area contributed by atoms with Crippen molar-refractivity contribution in [3.05, 3.63) is 0 Å². The van der Waals surface area contributed by atoms with Crippen LogP contribution in [0.2, 0.25) is 0 Å². The minimum atomic E-state index is -2.74. The van der Waals surface area contributed by atoms with Gasteiger partial charge in [0, 0.05) is 26.2 Å². The predicted molar refractivity (Wildman–Crippen MR) is 134 cm³/mol. The first kappa shape index (κ1) is 42.3. The standard InChI is InChI=1S/C10H20O2.C6H8O7.C6H10O4.C2H4O2/c1-2-3-4-5-6-7-8-9-10(11)12;7-3(8)1-6(13,5(11)12)2-4(9)10;7-5(8)3-1-2-4-6(9)10;1-2(3)4/h2-9H2,1H3,(H,11,12);13H,1-2H2,(H,7,8)(H,9,10)(H,11,12);1-4H2,(H,7,8)(H,9,10);1H3,(H,3,4). The number of unbranched alkanes of at least 4 members (excludes halogenated alkanes) is 7. The van der Waals surface area contributed by atoms with Crippen LogP contribution in [0.15, 0.2) is 0 Å². The number of carbonyl (C=O) groups is 7. The number of hydrogen-bond donors (Lipinski definition) is 8. The molecule has 39 heavy (non-hydrogen) atoms. The van der Waals surface area contributed by atoms with E-state index in [4.69, 9.17) is 45.6 Å². The monoisotopic (exact) mass is 570 g/mol. The topological polar surface area (TPSA) is 281 Å². The third-order valence-electron chi connectivity index (χ3n) is 4.31. The Hall–Kier alpha value is -3.75. The van der Waals surface area contributed by atoms with Crippen molar-refractivity contribution in [2.45, 2.75) is 109 Å². The maximum Gasteiger partial charge on any atom is 0.336 e. The lowest BCUT2D eigenvalue weighted by molar-refractivity contribution is -0.170. The summed E-state index contributed by atoms with van der Waals surface area (Å²) in [5, 5.41) is 65.8. The van der Waals surface area contributed by atoms with Crippen molar-refractivity contribution in [2.24, 2.45) is 0 Å². The van der Waals surface area contributed by atoms with Gasteiger partial charge in [-0.1, -0.05) is 45.4 Å². The van der Waals surface area contributed by atoms with E-state index in [-0.39, 0.29) is 12.8 Å². The van der Waals surface area contributed by atoms with E-state index in [2.05, 4.69) is 6.92 Å². The van der Waals surface area contributed by atoms with E-state index in [1.807, 2.05) is 0 Å². The molecular formula is C24H42O15. The van der Waals surface area contributed by atoms with Gasteiger partial charge in [0.25, 0.3) is 5.97 Å². The van der Waals surface area contributed by atoms with Crippen molar-refractivity contribution >= 4 is 41.8 Å². The van der Waals surface area contributed by atoms with E-state index in [0.29, 0.717) is 19.3 Å². The van der Waals surface area contributed by atoms with E-state index in [1.54, 1.807) is 0 Å². The molecule has 0 saturated heterocycles. The van der Waals surface area contributed by atoms with Gasteiger partial charge in [-0.15, -0.1) is 0 Å². The van der Waals surface area contributed by atoms with Crippen LogP contribution in [-0.2, 0) is 33.6 Å². The molecule has 0 aromatic rings. The van der Waals surface area contributed by atoms with Crippen molar-refractivity contribution in [3.63, 3.8) is 0 Å². The van der Waals surface area contributed by atoms with E-state index in [9.17, 15) is 28.8 Å². The molecule has 228 valence electrons. The second kappa shape index (κ2) is 27.3. The molecule has 0 spiro atoms. The van der Waals surface area contributed by atoms with Crippen LogP contribution < -0.4 is 0 Å². The highest BCUT2D eigenvalue weighted by molar-refractivity contribution is 5.88. The van der Waals surface area contributed by atoms with Crippen molar-refractivity contribution in [3.8, 4) is 0 Å². The average Bonchev–Trinajstić information content (AvgIpc) is 2.75. The second-order valence-electron chi connectivity index (χ2n) is 8.26. The third-order valence-corrected chi connectivity index (χ3v) is 4.31. The molecule has 0 radical (unpaired) electrons. The minimum Gasteiger partial charge on any atom is -0.481 e. The fraction of sp³-hybridized carbons (Fsp3) is 0.708. The Kier molecular flexibility index (Phi) is 29.6. The summed E-state index contributed by atoms with van der Waals surface area (Å²) in [5.41, 5.74) is -2.74. The molecule has 0 aliphatic rings. The number of aliphatic carboxylic acids is 7. The fourth-order valence-corrected chi connectivity index (χ4v) is 2.50. The molecule has 15 nitrogen and oxygen atoms in total. The molecule has 0 fully saturated rings. The molecule has 0 aromatic heterocycles. The van der Waals surface area contributed by atoms with Crippen molar-refractivity contribution in [1.82, 2.24) is 0 Å². The van der Waals surface area contributed by atoms with Crippen molar-refractivity contribution in [1.29, 1.82) is 0 Å². The van der Waals surface area contributed by atoms with Crippen LogP contribution in [0, 0.1) is 0 Å². The zero-order valence-corrected chi connectivity index (χ0v) is 22.3. The molecule has 8 N–H and O–H groups in total. The van der Waals surface area contributed by atoms with Crippen molar-refractivity contribution in [2.75, 3.05) is 0 Å². The molecule has 0 bridgehead atoms. The van der Waals surface area contributed by atoms with Crippen LogP contribution in [0.4, 0.5) is 0 Å². The first-order valence-corrected chi connectivity index (χ1v) is 12.1. The SMILES string of the molecule is CC(=O)O.CCCCCCCCCC(=O)O.O=C(O)CC(O)(CC(=O)O)C(=O)O.O=C(O)CCCCC(=O)O. The minimum absolute atomic E-state index is 0.0628. The summed E-state index contributed by atoms with van der Waals surface area (Å²) >= 11 is 0. The highest BCUT2D eigenvalue weighted by Gasteiger charge is 2.40. The first-order valence-electron chi connectivity index (χ1n) is 12.1. The molecule has 0 aliphatic heterocycles. The Morgan fingerprint density at radius 1 is 0.487 bits per heavy atom. The quantitative estimate of drug-likeness (QED) is 0.110. The average molecular weight is 571 g/mol. The van der Waals surface area contributed by atoms with E-state index in [0.717, 1.165) is 19.8 Å². The van der Waals surface area contributed by atoms with Gasteiger partial charge in [0.1, 0.15) is 0 Å². The molecular weight excluding hydrogens is 528 g/mol. The first-order chi connectivity index (χ1) is 17.9. The number of rotatable bonds is 18. The van der Waals surface area contributed by atoms with Crippen LogP contribution >= 0.6 is 0 Å². The fourth-order valence-electron chi connectivity index (χ4n) is 2.50. The maximum atomic E-state index is 10.3. The Morgan fingerprint density at radius 3 is 0.974 bits per heavy atom. The van der Waals surface area contributed by atoms with Gasteiger partial charge in [-0.05, 0) is 19.3 Å². The Morgan fingerprint density at radius 2 is 0.744 bits per heavy atom. The van der Waals surface area contributed by atoms with Crippen LogP contribution in [0.5, 0.6) is 0 Å². The van der Waals surface area contributed by atoms with E-state index in [1.165, 1.54) is 32.1 Å². The predicted octanol–water partition coefficient (Wildman–Crippen LogP) is 2.77. The van der Waals surface area contributed by atoms with Gasteiger partial charge < -0.3 is 40.9 Å². The lowest BCUT2D eigenvalue weighted by Crippen LogP contribution is -2.42. The van der Waals surface area contributed by atoms with Crippen LogP contribution in [0.1, 0.15) is 104 Å². The summed E-state index contributed by atoms with van der Waals surface area (Å²) in [6, 6.07) is 0. The summed E-state index contributed by atoms with van der Waals surface area (Å²) in [6.45, 7) is 3.28. The highest BCUT2D eigenvalue weighted by Crippen LogP contribution is 2.15. The summed E-state index contributed by atoms with van der Waals surface area (Å²) < 4.78 is 0. The molecule has 0 saturated carbocycles. The van der Waals surface area contributed by atoms with Crippen molar-refractivity contribution < 1.29 is 74.4 Å². The molecule has 0 heterocycles. The Balaban J connectivity index is -0.000000221. The van der Waals surface area contributed by atoms with Gasteiger partial charge in [0.15, 0.2) is 5.60 Å². The van der Waals surface area contributed by atoms with Crippen LogP contribution in [0.3, 0.4) is 0 Å². The number of hydrogen-bond acceptors (Lipinski definition) is 8. The molecule has 0 aliphatic carbocycles. The van der Waals surface area contributed by atoms with Crippen LogP contribution in [0.25, 0.3) is 0 Å². The van der Waals surface area contributed by atoms with Gasteiger partial charge in [-0.2, -0.15) is 0 Å². The lowest BCUT2D eigenvalue weighted by atomic mass is 9.96. The van der Waals surface area contributed by atoms with Gasteiger partial charge in [0.2, 0.25) is 0 Å². The normalized spacial score (nSPS) is 9.72. The molecule has 0 rings (SSSR count). The Labute approximate surface area is 226 Å². The van der Waals surface area contributed by atoms with Crippen LogP contribution in [-0.4, -0.2) is 88.2 Å². The summed E-state index contributed by atoms with van der Waals surface area (Å²) in [7, 11) is 0. The lowest BCUT2D eigenvalue weighted by Gasteiger charge is -2.18. The third kappa shape index (κ3) is 44.6.